The number of Topliss-reactive ketones (excluding diaryl/α,β-unsaturated/α-hetero) is 1. The van der Waals surface area contributed by atoms with E-state index in [9.17, 15) is 9.59 Å². The molecule has 2 unspecified atom stereocenters. The van der Waals surface area contributed by atoms with Crippen molar-refractivity contribution in [3.05, 3.63) is 29.8 Å². The quantitative estimate of drug-likeness (QED) is 0.754. The fraction of sp³-hybridized carbons (Fsp3) is 0.529. The van der Waals surface area contributed by atoms with E-state index in [0.29, 0.717) is 23.8 Å². The van der Waals surface area contributed by atoms with Crippen LogP contribution >= 0.6 is 0 Å². The van der Waals surface area contributed by atoms with Crippen LogP contribution in [0.4, 0.5) is 0 Å². The lowest BCUT2D eigenvalue weighted by Gasteiger charge is -2.19. The van der Waals surface area contributed by atoms with Crippen molar-refractivity contribution in [2.45, 2.75) is 38.1 Å². The molecule has 1 aromatic rings. The normalized spacial score (nSPS) is 20.6. The summed E-state index contributed by atoms with van der Waals surface area (Å²) in [6.07, 6.45) is 3.61. The van der Waals surface area contributed by atoms with Crippen LogP contribution in [0.25, 0.3) is 0 Å². The van der Waals surface area contributed by atoms with Gasteiger partial charge in [-0.2, -0.15) is 0 Å². The average molecular weight is 304 g/mol. The maximum Gasteiger partial charge on any atom is 0.220 e. The zero-order valence-corrected chi connectivity index (χ0v) is 13.0. The van der Waals surface area contributed by atoms with Gasteiger partial charge in [0.25, 0.3) is 0 Å². The van der Waals surface area contributed by atoms with Gasteiger partial charge in [-0.1, -0.05) is 6.42 Å². The third-order valence-electron chi connectivity index (χ3n) is 4.30. The molecule has 2 atom stereocenters. The van der Waals surface area contributed by atoms with E-state index in [1.54, 1.807) is 31.4 Å². The van der Waals surface area contributed by atoms with Gasteiger partial charge in [-0.25, -0.2) is 0 Å². The molecule has 0 bridgehead atoms. The molecule has 2 rings (SSSR count). The molecule has 0 spiro atoms. The van der Waals surface area contributed by atoms with Crippen LogP contribution in [0.15, 0.2) is 24.3 Å². The van der Waals surface area contributed by atoms with Crippen molar-refractivity contribution in [1.82, 2.24) is 5.32 Å². The van der Waals surface area contributed by atoms with Crippen molar-refractivity contribution in [3.63, 3.8) is 0 Å². The lowest BCUT2D eigenvalue weighted by molar-refractivity contribution is -0.122. The van der Waals surface area contributed by atoms with E-state index in [1.807, 2.05) is 0 Å². The van der Waals surface area contributed by atoms with Gasteiger partial charge in [0.05, 0.1) is 7.11 Å². The number of rotatable bonds is 7. The molecule has 0 saturated heterocycles. The lowest BCUT2D eigenvalue weighted by Crippen LogP contribution is -2.39. The van der Waals surface area contributed by atoms with E-state index in [1.165, 1.54) is 0 Å². The molecule has 22 heavy (non-hydrogen) atoms. The number of carbonyl (C=O) groups is 2. The number of hydrogen-bond donors (Lipinski definition) is 2. The first-order chi connectivity index (χ1) is 10.6. The van der Waals surface area contributed by atoms with Crippen LogP contribution < -0.4 is 15.8 Å². The minimum atomic E-state index is -0.0628. The number of carbonyl (C=O) groups excluding carboxylic acids is 2. The Hall–Kier alpha value is -1.88. The van der Waals surface area contributed by atoms with Gasteiger partial charge < -0.3 is 15.8 Å². The van der Waals surface area contributed by atoms with Crippen LogP contribution in [-0.2, 0) is 4.79 Å². The molecule has 0 heterocycles. The monoisotopic (exact) mass is 304 g/mol. The van der Waals surface area contributed by atoms with Crippen molar-refractivity contribution in [2.75, 3.05) is 13.7 Å². The topological polar surface area (TPSA) is 81.4 Å². The Morgan fingerprint density at radius 1 is 1.23 bits per heavy atom. The number of nitrogens with two attached hydrogens (primary N) is 1. The molecule has 0 aromatic heterocycles. The van der Waals surface area contributed by atoms with Gasteiger partial charge in [0.1, 0.15) is 5.75 Å². The Morgan fingerprint density at radius 3 is 2.59 bits per heavy atom. The molecular weight excluding hydrogens is 280 g/mol. The van der Waals surface area contributed by atoms with Crippen molar-refractivity contribution < 1.29 is 14.3 Å². The SMILES string of the molecule is COc1ccc(C(=O)CCC(=O)NC2CCCC2CN)cc1. The molecule has 1 aromatic carbocycles. The van der Waals surface area contributed by atoms with E-state index in [-0.39, 0.29) is 30.6 Å². The van der Waals surface area contributed by atoms with Gasteiger partial charge in [-0.3, -0.25) is 9.59 Å². The minimum Gasteiger partial charge on any atom is -0.497 e. The van der Waals surface area contributed by atoms with Crippen molar-refractivity contribution in [3.8, 4) is 5.75 Å². The Bertz CT molecular complexity index is 513. The molecule has 3 N–H and O–H groups in total. The highest BCUT2D eigenvalue weighted by Crippen LogP contribution is 2.24. The first-order valence-electron chi connectivity index (χ1n) is 7.80. The standard InChI is InChI=1S/C17H24N2O3/c1-22-14-7-5-12(6-8-14)16(20)9-10-17(21)19-15-4-2-3-13(15)11-18/h5-8,13,15H,2-4,9-11,18H2,1H3,(H,19,21). The molecule has 1 fully saturated rings. The van der Waals surface area contributed by atoms with Crippen molar-refractivity contribution in [2.24, 2.45) is 11.7 Å². The fourth-order valence-corrected chi connectivity index (χ4v) is 2.94. The Kier molecular flexibility index (Phi) is 5.95. The summed E-state index contributed by atoms with van der Waals surface area (Å²) >= 11 is 0. The van der Waals surface area contributed by atoms with E-state index in [4.69, 9.17) is 10.5 Å². The number of methoxy groups -OCH3 is 1. The fourth-order valence-electron chi connectivity index (χ4n) is 2.94. The smallest absolute Gasteiger partial charge is 0.220 e. The van der Waals surface area contributed by atoms with Crippen LogP contribution in [-0.4, -0.2) is 31.4 Å². The van der Waals surface area contributed by atoms with Crippen LogP contribution in [0.2, 0.25) is 0 Å². The Labute approximate surface area is 131 Å². The third-order valence-corrected chi connectivity index (χ3v) is 4.30. The van der Waals surface area contributed by atoms with Crippen LogP contribution in [0.1, 0.15) is 42.5 Å². The number of benzene rings is 1. The first kappa shape index (κ1) is 16.5. The Balaban J connectivity index is 1.78. The van der Waals surface area contributed by atoms with Crippen LogP contribution in [0.3, 0.4) is 0 Å². The third kappa shape index (κ3) is 4.31. The molecule has 0 radical (unpaired) electrons. The Morgan fingerprint density at radius 2 is 1.95 bits per heavy atom. The summed E-state index contributed by atoms with van der Waals surface area (Å²) < 4.78 is 5.06. The number of hydrogen-bond acceptors (Lipinski definition) is 4. The second kappa shape index (κ2) is 7.94. The highest BCUT2D eigenvalue weighted by atomic mass is 16.5. The highest BCUT2D eigenvalue weighted by molar-refractivity contribution is 5.98. The molecule has 5 nitrogen and oxygen atoms in total. The first-order valence-corrected chi connectivity index (χ1v) is 7.80. The summed E-state index contributed by atoms with van der Waals surface area (Å²) in [7, 11) is 1.58. The van der Waals surface area contributed by atoms with Gasteiger partial charge in [0, 0.05) is 24.4 Å². The summed E-state index contributed by atoms with van der Waals surface area (Å²) in [5.74, 6) is 0.997. The predicted octanol–water partition coefficient (Wildman–Crippen LogP) is 1.90. The number of ketones is 1. The summed E-state index contributed by atoms with van der Waals surface area (Å²) in [5, 5.41) is 3.01. The summed E-state index contributed by atoms with van der Waals surface area (Å²) in [5.41, 5.74) is 6.31. The maximum atomic E-state index is 12.1. The molecule has 5 heteroatoms. The van der Waals surface area contributed by atoms with Crippen molar-refractivity contribution >= 4 is 11.7 Å². The molecule has 1 aliphatic carbocycles. The second-order valence-corrected chi connectivity index (χ2v) is 5.75. The molecule has 1 aliphatic rings. The van der Waals surface area contributed by atoms with E-state index in [0.717, 1.165) is 19.3 Å². The van der Waals surface area contributed by atoms with Gasteiger partial charge in [-0.15, -0.1) is 0 Å². The predicted molar refractivity (Wildman–Crippen MR) is 84.9 cm³/mol. The van der Waals surface area contributed by atoms with E-state index < -0.39 is 0 Å². The van der Waals surface area contributed by atoms with Gasteiger partial charge in [0.15, 0.2) is 5.78 Å². The van der Waals surface area contributed by atoms with Crippen molar-refractivity contribution in [1.29, 1.82) is 0 Å². The second-order valence-electron chi connectivity index (χ2n) is 5.75. The molecular formula is C17H24N2O3. The molecule has 1 saturated carbocycles. The van der Waals surface area contributed by atoms with Crippen LogP contribution in [0.5, 0.6) is 5.75 Å². The minimum absolute atomic E-state index is 0.0281. The highest BCUT2D eigenvalue weighted by Gasteiger charge is 2.27. The zero-order chi connectivity index (χ0) is 15.9. The van der Waals surface area contributed by atoms with Gasteiger partial charge in [0.2, 0.25) is 5.91 Å². The number of ether oxygens (including phenoxy) is 1. The van der Waals surface area contributed by atoms with E-state index in [2.05, 4.69) is 5.32 Å². The average Bonchev–Trinajstić information content (AvgIpc) is 2.99. The summed E-state index contributed by atoms with van der Waals surface area (Å²) in [6.45, 7) is 0.607. The maximum absolute atomic E-state index is 12.1. The van der Waals surface area contributed by atoms with E-state index >= 15 is 0 Å². The van der Waals surface area contributed by atoms with Gasteiger partial charge in [-0.05, 0) is 49.6 Å². The zero-order valence-electron chi connectivity index (χ0n) is 13.0. The largest absolute Gasteiger partial charge is 0.497 e. The molecule has 0 aliphatic heterocycles. The molecule has 120 valence electrons. The molecule has 1 amide bonds. The number of nitrogens with one attached hydrogen (secondary N) is 1. The summed E-state index contributed by atoms with van der Waals surface area (Å²) in [6, 6.07) is 7.12. The van der Waals surface area contributed by atoms with Gasteiger partial charge >= 0.3 is 0 Å². The lowest BCUT2D eigenvalue weighted by atomic mass is 10.0. The summed E-state index contributed by atoms with van der Waals surface area (Å²) in [4.78, 5) is 24.0. The number of amides is 1. The van der Waals surface area contributed by atoms with Crippen LogP contribution in [0, 0.1) is 5.92 Å².